The number of rotatable bonds is 1. The third-order valence-corrected chi connectivity index (χ3v) is 1.55. The zero-order valence-corrected chi connectivity index (χ0v) is 5.31. The van der Waals surface area contributed by atoms with Gasteiger partial charge in [-0.2, -0.15) is 0 Å². The molecule has 8 heavy (non-hydrogen) atoms. The van der Waals surface area contributed by atoms with Crippen LogP contribution in [0.5, 0.6) is 0 Å². The van der Waals surface area contributed by atoms with Crippen molar-refractivity contribution in [2.24, 2.45) is 0 Å². The topological polar surface area (TPSA) is 21.3 Å². The van der Waals surface area contributed by atoms with Crippen LogP contribution in [0.1, 0.15) is 19.3 Å². The van der Waals surface area contributed by atoms with Crippen LogP contribution in [0, 0.1) is 0 Å². The zero-order chi connectivity index (χ0) is 5.82. The fourth-order valence-electron chi connectivity index (χ4n) is 1.02. The molecule has 1 fully saturated rings. The van der Waals surface area contributed by atoms with Gasteiger partial charge in [0.2, 0.25) is 0 Å². The number of ether oxygens (including phenoxy) is 1. The lowest BCUT2D eigenvalue weighted by molar-refractivity contribution is 0.0524. The third kappa shape index (κ3) is 1.46. The quantitative estimate of drug-likeness (QED) is 0.544. The molecule has 0 radical (unpaired) electrons. The predicted octanol–water partition coefficient (Wildman–Crippen LogP) is 0.732. The number of hydrogen-bond donors (Lipinski definition) is 1. The van der Waals surface area contributed by atoms with Gasteiger partial charge in [-0.1, -0.05) is 0 Å². The van der Waals surface area contributed by atoms with Crippen molar-refractivity contribution in [3.63, 3.8) is 0 Å². The van der Waals surface area contributed by atoms with E-state index < -0.39 is 0 Å². The molecule has 1 N–H and O–H groups in total. The van der Waals surface area contributed by atoms with E-state index in [1.807, 2.05) is 0 Å². The lowest BCUT2D eigenvalue weighted by atomic mass is 10.1. The SMILES string of the molecule is CO[C@@H]1CCCCN1. The zero-order valence-electron chi connectivity index (χ0n) is 5.31. The van der Waals surface area contributed by atoms with Gasteiger partial charge in [-0.3, -0.25) is 5.32 Å². The first-order valence-corrected chi connectivity index (χ1v) is 3.19. The molecule has 0 spiro atoms. The molecule has 1 rings (SSSR count). The van der Waals surface area contributed by atoms with Crippen molar-refractivity contribution in [3.05, 3.63) is 0 Å². The van der Waals surface area contributed by atoms with Crippen molar-refractivity contribution < 1.29 is 4.74 Å². The minimum absolute atomic E-state index is 0.337. The minimum Gasteiger partial charge on any atom is -0.367 e. The van der Waals surface area contributed by atoms with Gasteiger partial charge in [0.05, 0.1) is 0 Å². The maximum absolute atomic E-state index is 5.08. The second-order valence-corrected chi connectivity index (χ2v) is 2.17. The molecule has 2 nitrogen and oxygen atoms in total. The summed E-state index contributed by atoms with van der Waals surface area (Å²) >= 11 is 0. The van der Waals surface area contributed by atoms with Crippen molar-refractivity contribution in [1.29, 1.82) is 0 Å². The monoisotopic (exact) mass is 115 g/mol. The van der Waals surface area contributed by atoms with E-state index in [0.29, 0.717) is 6.23 Å². The van der Waals surface area contributed by atoms with Crippen LogP contribution in [0.25, 0.3) is 0 Å². The van der Waals surface area contributed by atoms with Crippen LogP contribution in [0.4, 0.5) is 0 Å². The molecule has 48 valence electrons. The van der Waals surface area contributed by atoms with Gasteiger partial charge in [0.25, 0.3) is 0 Å². The van der Waals surface area contributed by atoms with Gasteiger partial charge in [-0.15, -0.1) is 0 Å². The summed E-state index contributed by atoms with van der Waals surface area (Å²) in [4.78, 5) is 0. The van der Waals surface area contributed by atoms with E-state index in [2.05, 4.69) is 5.32 Å². The maximum Gasteiger partial charge on any atom is 0.107 e. The summed E-state index contributed by atoms with van der Waals surface area (Å²) in [6.07, 6.45) is 4.13. The van der Waals surface area contributed by atoms with Crippen molar-refractivity contribution in [2.45, 2.75) is 25.5 Å². The lowest BCUT2D eigenvalue weighted by Crippen LogP contribution is -2.35. The first-order valence-electron chi connectivity index (χ1n) is 3.19. The minimum atomic E-state index is 0.337. The standard InChI is InChI=1S/C6H13NO/c1-8-6-4-2-3-5-7-6/h6-7H,2-5H2,1H3/t6-/m1/s1. The molecule has 1 saturated heterocycles. The summed E-state index contributed by atoms with van der Waals surface area (Å²) in [6, 6.07) is 0. The molecule has 0 aliphatic carbocycles. The average molecular weight is 115 g/mol. The Morgan fingerprint density at radius 1 is 1.50 bits per heavy atom. The van der Waals surface area contributed by atoms with Gasteiger partial charge in [-0.25, -0.2) is 0 Å². The summed E-state index contributed by atoms with van der Waals surface area (Å²) < 4.78 is 5.08. The first-order chi connectivity index (χ1) is 3.93. The number of hydrogen-bond acceptors (Lipinski definition) is 2. The molecule has 0 unspecified atom stereocenters. The van der Waals surface area contributed by atoms with E-state index in [1.165, 1.54) is 19.3 Å². The Bertz CT molecular complexity index is 59.5. The van der Waals surface area contributed by atoms with Crippen LogP contribution in [0.3, 0.4) is 0 Å². The average Bonchev–Trinajstić information content (AvgIpc) is 1.90. The summed E-state index contributed by atoms with van der Waals surface area (Å²) in [5.74, 6) is 0. The van der Waals surface area contributed by atoms with Crippen molar-refractivity contribution in [1.82, 2.24) is 5.32 Å². The van der Waals surface area contributed by atoms with E-state index >= 15 is 0 Å². The maximum atomic E-state index is 5.08. The second-order valence-electron chi connectivity index (χ2n) is 2.17. The molecule has 0 aromatic heterocycles. The lowest BCUT2D eigenvalue weighted by Gasteiger charge is -2.21. The Balaban J connectivity index is 2.13. The Morgan fingerprint density at radius 2 is 2.38 bits per heavy atom. The normalized spacial score (nSPS) is 30.4. The number of methoxy groups -OCH3 is 1. The van der Waals surface area contributed by atoms with Crippen LogP contribution >= 0.6 is 0 Å². The van der Waals surface area contributed by atoms with E-state index in [-0.39, 0.29) is 0 Å². The Morgan fingerprint density at radius 3 is 2.75 bits per heavy atom. The summed E-state index contributed by atoms with van der Waals surface area (Å²) in [6.45, 7) is 1.12. The highest BCUT2D eigenvalue weighted by molar-refractivity contribution is 4.62. The second kappa shape index (κ2) is 3.05. The van der Waals surface area contributed by atoms with E-state index in [0.717, 1.165) is 6.54 Å². The van der Waals surface area contributed by atoms with Gasteiger partial charge in [0.15, 0.2) is 0 Å². The highest BCUT2D eigenvalue weighted by atomic mass is 16.5. The Kier molecular flexibility index (Phi) is 2.30. The molecule has 1 aliphatic rings. The van der Waals surface area contributed by atoms with Crippen molar-refractivity contribution in [2.75, 3.05) is 13.7 Å². The van der Waals surface area contributed by atoms with Gasteiger partial charge in [-0.05, 0) is 25.8 Å². The molecule has 0 amide bonds. The molecule has 1 aliphatic heterocycles. The summed E-state index contributed by atoms with van der Waals surface area (Å²) in [7, 11) is 1.75. The number of nitrogens with one attached hydrogen (secondary N) is 1. The van der Waals surface area contributed by atoms with Crippen LogP contribution in [-0.4, -0.2) is 19.9 Å². The van der Waals surface area contributed by atoms with Crippen LogP contribution in [0.15, 0.2) is 0 Å². The number of piperidine rings is 1. The molecular weight excluding hydrogens is 102 g/mol. The van der Waals surface area contributed by atoms with E-state index in [4.69, 9.17) is 4.74 Å². The molecule has 0 aromatic carbocycles. The Labute approximate surface area is 50.2 Å². The smallest absolute Gasteiger partial charge is 0.107 e. The van der Waals surface area contributed by atoms with Gasteiger partial charge in [0.1, 0.15) is 6.23 Å². The predicted molar refractivity (Wildman–Crippen MR) is 32.7 cm³/mol. The van der Waals surface area contributed by atoms with Crippen molar-refractivity contribution in [3.8, 4) is 0 Å². The molecule has 0 saturated carbocycles. The molecule has 0 aromatic rings. The Hall–Kier alpha value is -0.0800. The highest BCUT2D eigenvalue weighted by Crippen LogP contribution is 2.05. The van der Waals surface area contributed by atoms with Crippen LogP contribution in [0.2, 0.25) is 0 Å². The van der Waals surface area contributed by atoms with E-state index in [1.54, 1.807) is 7.11 Å². The van der Waals surface area contributed by atoms with E-state index in [9.17, 15) is 0 Å². The highest BCUT2D eigenvalue weighted by Gasteiger charge is 2.09. The summed E-state index contributed by atoms with van der Waals surface area (Å²) in [5, 5.41) is 3.25. The molecule has 1 heterocycles. The molecule has 0 bridgehead atoms. The van der Waals surface area contributed by atoms with Crippen molar-refractivity contribution >= 4 is 0 Å². The van der Waals surface area contributed by atoms with Gasteiger partial charge < -0.3 is 4.74 Å². The fraction of sp³-hybridized carbons (Fsp3) is 1.00. The third-order valence-electron chi connectivity index (χ3n) is 1.55. The largest absolute Gasteiger partial charge is 0.367 e. The van der Waals surface area contributed by atoms with Gasteiger partial charge in [0, 0.05) is 7.11 Å². The first kappa shape index (κ1) is 6.05. The summed E-state index contributed by atoms with van der Waals surface area (Å²) in [5.41, 5.74) is 0. The molecular formula is C6H13NO. The molecule has 1 atom stereocenters. The van der Waals surface area contributed by atoms with Gasteiger partial charge >= 0.3 is 0 Å². The fourth-order valence-corrected chi connectivity index (χ4v) is 1.02. The molecule has 2 heteroatoms. The van der Waals surface area contributed by atoms with Crippen LogP contribution < -0.4 is 5.32 Å². The van der Waals surface area contributed by atoms with Crippen LogP contribution in [-0.2, 0) is 4.74 Å².